The Hall–Kier alpha value is -2.13. The summed E-state index contributed by atoms with van der Waals surface area (Å²) in [5.74, 6) is 0.762. The van der Waals surface area contributed by atoms with E-state index in [2.05, 4.69) is 10.00 Å². The number of nitrogens with zero attached hydrogens (tertiary/aromatic N) is 5. The monoisotopic (exact) mass is 377 g/mol. The van der Waals surface area contributed by atoms with Crippen molar-refractivity contribution < 1.29 is 19.4 Å². The molecule has 2 amide bonds. The molecule has 0 spiro atoms. The Morgan fingerprint density at radius 2 is 1.81 bits per heavy atom. The van der Waals surface area contributed by atoms with Crippen LogP contribution in [0, 0.1) is 11.8 Å². The van der Waals surface area contributed by atoms with Crippen molar-refractivity contribution in [2.75, 3.05) is 52.5 Å². The summed E-state index contributed by atoms with van der Waals surface area (Å²) >= 11 is 0. The predicted molar refractivity (Wildman–Crippen MR) is 96.5 cm³/mol. The van der Waals surface area contributed by atoms with Crippen LogP contribution in [-0.4, -0.2) is 94.1 Å². The van der Waals surface area contributed by atoms with Gasteiger partial charge in [-0.2, -0.15) is 5.10 Å². The standard InChI is InChI=1S/C18H27N5O4/c1-2-23-12-15(16(19-23)17(24)21-3-5-27-6-4-21)9-20-7-13-10-22(18(25)26)11-14(13)8-20/h12-14H,2-11H2,1H3,(H,25,26). The molecule has 3 fully saturated rings. The van der Waals surface area contributed by atoms with E-state index >= 15 is 0 Å². The number of morpholine rings is 1. The van der Waals surface area contributed by atoms with Crippen LogP contribution in [0.4, 0.5) is 4.79 Å². The molecule has 148 valence electrons. The lowest BCUT2D eigenvalue weighted by Gasteiger charge is -2.26. The minimum Gasteiger partial charge on any atom is -0.465 e. The van der Waals surface area contributed by atoms with Crippen molar-refractivity contribution in [1.82, 2.24) is 24.5 Å². The van der Waals surface area contributed by atoms with Crippen molar-refractivity contribution in [3.8, 4) is 0 Å². The molecule has 0 saturated carbocycles. The highest BCUT2D eigenvalue weighted by atomic mass is 16.5. The van der Waals surface area contributed by atoms with E-state index in [1.54, 1.807) is 0 Å². The first-order valence-corrected chi connectivity index (χ1v) is 9.68. The van der Waals surface area contributed by atoms with Crippen molar-refractivity contribution in [3.63, 3.8) is 0 Å². The van der Waals surface area contributed by atoms with Crippen LogP contribution >= 0.6 is 0 Å². The maximum Gasteiger partial charge on any atom is 0.407 e. The van der Waals surface area contributed by atoms with Crippen molar-refractivity contribution >= 4 is 12.0 Å². The van der Waals surface area contributed by atoms with E-state index in [0.29, 0.717) is 63.5 Å². The number of carbonyl (C=O) groups is 2. The minimum absolute atomic E-state index is 0.0167. The Morgan fingerprint density at radius 1 is 1.15 bits per heavy atom. The molecule has 4 rings (SSSR count). The molecule has 2 atom stereocenters. The second kappa shape index (κ2) is 7.47. The smallest absolute Gasteiger partial charge is 0.407 e. The summed E-state index contributed by atoms with van der Waals surface area (Å²) in [6.45, 7) is 8.76. The Labute approximate surface area is 158 Å². The molecule has 2 unspecified atom stereocenters. The highest BCUT2D eigenvalue weighted by Gasteiger charge is 2.41. The number of aryl methyl sites for hydroxylation is 1. The van der Waals surface area contributed by atoms with Crippen molar-refractivity contribution in [2.45, 2.75) is 20.0 Å². The van der Waals surface area contributed by atoms with Gasteiger partial charge in [-0.05, 0) is 18.8 Å². The fraction of sp³-hybridized carbons (Fsp3) is 0.722. The first-order chi connectivity index (χ1) is 13.0. The third-order valence-corrected chi connectivity index (χ3v) is 5.89. The summed E-state index contributed by atoms with van der Waals surface area (Å²) in [6.07, 6.45) is 1.16. The van der Waals surface area contributed by atoms with Crippen molar-refractivity contribution in [1.29, 1.82) is 0 Å². The van der Waals surface area contributed by atoms with Crippen molar-refractivity contribution in [2.24, 2.45) is 11.8 Å². The van der Waals surface area contributed by atoms with Crippen LogP contribution in [-0.2, 0) is 17.8 Å². The Bertz CT molecular complexity index is 701. The predicted octanol–water partition coefficient (Wildman–Crippen LogP) is 0.417. The van der Waals surface area contributed by atoms with Gasteiger partial charge in [0.25, 0.3) is 5.91 Å². The molecule has 1 aromatic heterocycles. The fourth-order valence-electron chi connectivity index (χ4n) is 4.45. The molecule has 1 aromatic rings. The molecular weight excluding hydrogens is 350 g/mol. The highest BCUT2D eigenvalue weighted by molar-refractivity contribution is 5.93. The zero-order valence-electron chi connectivity index (χ0n) is 15.7. The summed E-state index contributed by atoms with van der Waals surface area (Å²) in [6, 6.07) is 0. The van der Waals surface area contributed by atoms with Gasteiger partial charge in [0.15, 0.2) is 5.69 Å². The largest absolute Gasteiger partial charge is 0.465 e. The van der Waals surface area contributed by atoms with E-state index < -0.39 is 6.09 Å². The summed E-state index contributed by atoms with van der Waals surface area (Å²) in [5.41, 5.74) is 1.51. The maximum atomic E-state index is 12.9. The van der Waals surface area contributed by atoms with E-state index in [-0.39, 0.29) is 5.91 Å². The lowest BCUT2D eigenvalue weighted by molar-refractivity contribution is 0.0297. The third-order valence-electron chi connectivity index (χ3n) is 5.89. The van der Waals surface area contributed by atoms with Gasteiger partial charge in [0.1, 0.15) is 0 Å². The van der Waals surface area contributed by atoms with Gasteiger partial charge in [-0.25, -0.2) is 4.79 Å². The van der Waals surface area contributed by atoms with E-state index in [0.717, 1.165) is 25.2 Å². The molecule has 27 heavy (non-hydrogen) atoms. The van der Waals surface area contributed by atoms with Gasteiger partial charge in [-0.3, -0.25) is 14.4 Å². The van der Waals surface area contributed by atoms with E-state index in [1.165, 1.54) is 4.90 Å². The molecule has 9 nitrogen and oxygen atoms in total. The number of carbonyl (C=O) groups excluding carboxylic acids is 1. The Morgan fingerprint density at radius 3 is 2.41 bits per heavy atom. The summed E-state index contributed by atoms with van der Waals surface area (Å²) in [7, 11) is 0. The third kappa shape index (κ3) is 3.66. The average Bonchev–Trinajstić information content (AvgIpc) is 3.35. The van der Waals surface area contributed by atoms with E-state index in [1.807, 2.05) is 22.7 Å². The second-order valence-corrected chi connectivity index (χ2v) is 7.67. The molecule has 9 heteroatoms. The first kappa shape index (κ1) is 18.2. The molecule has 3 aliphatic rings. The molecular formula is C18H27N5O4. The molecule has 3 saturated heterocycles. The van der Waals surface area contributed by atoms with Gasteiger partial charge in [0.05, 0.1) is 13.2 Å². The second-order valence-electron chi connectivity index (χ2n) is 7.67. The normalized spacial score (nSPS) is 25.8. The van der Waals surface area contributed by atoms with Gasteiger partial charge in [-0.15, -0.1) is 0 Å². The summed E-state index contributed by atoms with van der Waals surface area (Å²) < 4.78 is 7.17. The SMILES string of the molecule is CCn1cc(CN2CC3CN(C(=O)O)CC3C2)c(C(=O)N2CCOCC2)n1. The summed E-state index contributed by atoms with van der Waals surface area (Å²) in [4.78, 5) is 29.8. The van der Waals surface area contributed by atoms with Crippen LogP contribution in [0.3, 0.4) is 0 Å². The summed E-state index contributed by atoms with van der Waals surface area (Å²) in [5, 5.41) is 13.7. The molecule has 0 aromatic carbocycles. The maximum absolute atomic E-state index is 12.9. The molecule has 0 radical (unpaired) electrons. The number of amides is 2. The fourth-order valence-corrected chi connectivity index (χ4v) is 4.45. The average molecular weight is 377 g/mol. The number of aromatic nitrogens is 2. The Balaban J connectivity index is 1.44. The highest BCUT2D eigenvalue weighted by Crippen LogP contribution is 2.32. The number of rotatable bonds is 4. The van der Waals surface area contributed by atoms with E-state index in [9.17, 15) is 14.7 Å². The van der Waals surface area contributed by atoms with Gasteiger partial charge >= 0.3 is 6.09 Å². The van der Waals surface area contributed by atoms with Crippen LogP contribution in [0.1, 0.15) is 23.0 Å². The number of carboxylic acid groups (broad SMARTS) is 1. The van der Waals surface area contributed by atoms with Crippen molar-refractivity contribution in [3.05, 3.63) is 17.5 Å². The first-order valence-electron chi connectivity index (χ1n) is 9.68. The number of hydrogen-bond donors (Lipinski definition) is 1. The molecule has 3 aliphatic heterocycles. The molecule has 0 aliphatic carbocycles. The minimum atomic E-state index is -0.821. The Kier molecular flexibility index (Phi) is 5.05. The topological polar surface area (TPSA) is 91.1 Å². The number of hydrogen-bond acceptors (Lipinski definition) is 5. The number of ether oxygens (including phenoxy) is 1. The van der Waals surface area contributed by atoms with Gasteiger partial charge in [0, 0.05) is 64.1 Å². The lowest BCUT2D eigenvalue weighted by atomic mass is 10.0. The zero-order valence-corrected chi connectivity index (χ0v) is 15.7. The van der Waals surface area contributed by atoms with Crippen LogP contribution in [0.25, 0.3) is 0 Å². The van der Waals surface area contributed by atoms with Gasteiger partial charge < -0.3 is 19.6 Å². The van der Waals surface area contributed by atoms with Gasteiger partial charge in [0.2, 0.25) is 0 Å². The molecule has 0 bridgehead atoms. The quantitative estimate of drug-likeness (QED) is 0.818. The lowest BCUT2D eigenvalue weighted by Crippen LogP contribution is -2.41. The van der Waals surface area contributed by atoms with Crippen LogP contribution in [0.2, 0.25) is 0 Å². The van der Waals surface area contributed by atoms with Crippen LogP contribution in [0.5, 0.6) is 0 Å². The number of likely N-dealkylation sites (tertiary alicyclic amines) is 2. The van der Waals surface area contributed by atoms with Gasteiger partial charge in [-0.1, -0.05) is 0 Å². The van der Waals surface area contributed by atoms with E-state index in [4.69, 9.17) is 4.74 Å². The zero-order chi connectivity index (χ0) is 19.0. The molecule has 1 N–H and O–H groups in total. The van der Waals surface area contributed by atoms with Crippen LogP contribution < -0.4 is 0 Å². The van der Waals surface area contributed by atoms with Crippen LogP contribution in [0.15, 0.2) is 6.20 Å². The molecule has 4 heterocycles. The number of fused-ring (bicyclic) bond motifs is 1.